The minimum atomic E-state index is -0.896. The van der Waals surface area contributed by atoms with Crippen LogP contribution in [0.5, 0.6) is 0 Å². The number of hydrogen-bond acceptors (Lipinski definition) is 2. The fraction of sp³-hybridized carbons (Fsp3) is 0.467. The molecular formula is C15H18ClNO3. The monoisotopic (exact) mass is 295 g/mol. The molecule has 4 nitrogen and oxygen atoms in total. The Morgan fingerprint density at radius 1 is 1.40 bits per heavy atom. The van der Waals surface area contributed by atoms with E-state index < -0.39 is 11.4 Å². The summed E-state index contributed by atoms with van der Waals surface area (Å²) in [6.45, 7) is 1.71. The first-order valence-electron chi connectivity index (χ1n) is 6.73. The van der Waals surface area contributed by atoms with Gasteiger partial charge in [-0.25, -0.2) is 0 Å². The standard InChI is InChI=1S/C15H18ClNO3/c1-15(14(19)20)8-3-2-7-12(15)17-13(18)10-5-4-6-11(16)9-10/h4-6,9,12H,2-3,7-8H2,1H3,(H,17,18)(H,19,20). The number of carboxylic acids is 1. The molecule has 0 aliphatic heterocycles. The second kappa shape index (κ2) is 5.83. The molecule has 108 valence electrons. The summed E-state index contributed by atoms with van der Waals surface area (Å²) in [5.74, 6) is -1.12. The molecule has 5 heteroatoms. The molecule has 1 aromatic rings. The van der Waals surface area contributed by atoms with Crippen LogP contribution in [0, 0.1) is 5.41 Å². The Morgan fingerprint density at radius 3 is 2.80 bits per heavy atom. The zero-order valence-corrected chi connectivity index (χ0v) is 12.1. The number of amides is 1. The lowest BCUT2D eigenvalue weighted by Gasteiger charge is -2.38. The van der Waals surface area contributed by atoms with E-state index in [1.165, 1.54) is 0 Å². The van der Waals surface area contributed by atoms with Crippen molar-refractivity contribution < 1.29 is 14.7 Å². The zero-order chi connectivity index (χ0) is 14.8. The molecule has 1 saturated carbocycles. The number of carbonyl (C=O) groups is 2. The van der Waals surface area contributed by atoms with Crippen molar-refractivity contribution in [1.82, 2.24) is 5.32 Å². The van der Waals surface area contributed by atoms with Crippen molar-refractivity contribution >= 4 is 23.5 Å². The van der Waals surface area contributed by atoms with Crippen molar-refractivity contribution in [2.24, 2.45) is 5.41 Å². The number of carbonyl (C=O) groups excluding carboxylic acids is 1. The molecule has 1 aromatic carbocycles. The summed E-state index contributed by atoms with van der Waals surface area (Å²) >= 11 is 5.86. The van der Waals surface area contributed by atoms with Gasteiger partial charge in [0.2, 0.25) is 0 Å². The van der Waals surface area contributed by atoms with Crippen LogP contribution in [0.1, 0.15) is 43.0 Å². The van der Waals surface area contributed by atoms with Gasteiger partial charge in [0.1, 0.15) is 0 Å². The second-order valence-corrected chi connectivity index (χ2v) is 5.94. The maximum Gasteiger partial charge on any atom is 0.311 e. The number of halogens is 1. The van der Waals surface area contributed by atoms with Gasteiger partial charge in [-0.05, 0) is 38.0 Å². The number of carboxylic acid groups (broad SMARTS) is 1. The molecule has 0 saturated heterocycles. The highest BCUT2D eigenvalue weighted by molar-refractivity contribution is 6.30. The summed E-state index contributed by atoms with van der Waals surface area (Å²) in [7, 11) is 0. The minimum Gasteiger partial charge on any atom is -0.481 e. The molecule has 2 atom stereocenters. The number of hydrogen-bond donors (Lipinski definition) is 2. The first-order chi connectivity index (χ1) is 9.43. The largest absolute Gasteiger partial charge is 0.481 e. The third-order valence-corrected chi connectivity index (χ3v) is 4.32. The summed E-state index contributed by atoms with van der Waals surface area (Å²) < 4.78 is 0. The lowest BCUT2D eigenvalue weighted by atomic mass is 9.71. The molecule has 1 aliphatic rings. The summed E-state index contributed by atoms with van der Waals surface area (Å²) in [4.78, 5) is 23.7. The second-order valence-electron chi connectivity index (χ2n) is 5.50. The van der Waals surface area contributed by atoms with Crippen LogP contribution in [0.15, 0.2) is 24.3 Å². The minimum absolute atomic E-state index is 0.271. The maximum atomic E-state index is 12.2. The van der Waals surface area contributed by atoms with E-state index in [-0.39, 0.29) is 11.9 Å². The van der Waals surface area contributed by atoms with E-state index in [1.54, 1.807) is 31.2 Å². The van der Waals surface area contributed by atoms with Crippen molar-refractivity contribution in [3.05, 3.63) is 34.9 Å². The van der Waals surface area contributed by atoms with Gasteiger partial charge in [-0.15, -0.1) is 0 Å². The van der Waals surface area contributed by atoms with Gasteiger partial charge in [0.25, 0.3) is 5.91 Å². The van der Waals surface area contributed by atoms with Gasteiger partial charge in [-0.2, -0.15) is 0 Å². The van der Waals surface area contributed by atoms with Crippen molar-refractivity contribution in [3.8, 4) is 0 Å². The van der Waals surface area contributed by atoms with Crippen LogP contribution in [0.4, 0.5) is 0 Å². The number of benzene rings is 1. The highest BCUT2D eigenvalue weighted by Gasteiger charge is 2.43. The van der Waals surface area contributed by atoms with Crippen molar-refractivity contribution in [3.63, 3.8) is 0 Å². The lowest BCUT2D eigenvalue weighted by molar-refractivity contribution is -0.151. The van der Waals surface area contributed by atoms with Gasteiger partial charge in [0.05, 0.1) is 5.41 Å². The van der Waals surface area contributed by atoms with Crippen LogP contribution in [0.3, 0.4) is 0 Å². The van der Waals surface area contributed by atoms with E-state index in [1.807, 2.05) is 0 Å². The van der Waals surface area contributed by atoms with Crippen LogP contribution < -0.4 is 5.32 Å². The molecular weight excluding hydrogens is 278 g/mol. The lowest BCUT2D eigenvalue weighted by Crippen LogP contribution is -2.52. The van der Waals surface area contributed by atoms with Crippen molar-refractivity contribution in [1.29, 1.82) is 0 Å². The number of aliphatic carboxylic acids is 1. The Labute approximate surface area is 123 Å². The highest BCUT2D eigenvalue weighted by atomic mass is 35.5. The van der Waals surface area contributed by atoms with Gasteiger partial charge in [-0.3, -0.25) is 9.59 Å². The van der Waals surface area contributed by atoms with Crippen molar-refractivity contribution in [2.75, 3.05) is 0 Å². The van der Waals surface area contributed by atoms with E-state index in [2.05, 4.69) is 5.32 Å². The van der Waals surface area contributed by atoms with Gasteiger partial charge in [-0.1, -0.05) is 30.5 Å². The molecule has 2 unspecified atom stereocenters. The van der Waals surface area contributed by atoms with Crippen LogP contribution in [0.25, 0.3) is 0 Å². The maximum absolute atomic E-state index is 12.2. The van der Waals surface area contributed by atoms with Gasteiger partial charge in [0, 0.05) is 16.6 Å². The van der Waals surface area contributed by atoms with E-state index in [0.717, 1.165) is 12.8 Å². The molecule has 0 spiro atoms. The average molecular weight is 296 g/mol. The fourth-order valence-corrected chi connectivity index (χ4v) is 2.88. The molecule has 0 radical (unpaired) electrons. The summed E-state index contributed by atoms with van der Waals surface area (Å²) in [6, 6.07) is 6.30. The predicted molar refractivity (Wildman–Crippen MR) is 76.9 cm³/mol. The third-order valence-electron chi connectivity index (χ3n) is 4.09. The number of nitrogens with one attached hydrogen (secondary N) is 1. The van der Waals surface area contributed by atoms with Crippen LogP contribution in [-0.4, -0.2) is 23.0 Å². The van der Waals surface area contributed by atoms with Gasteiger partial charge >= 0.3 is 5.97 Å². The summed E-state index contributed by atoms with van der Waals surface area (Å²) in [6.07, 6.45) is 3.09. The van der Waals surface area contributed by atoms with E-state index in [0.29, 0.717) is 23.4 Å². The van der Waals surface area contributed by atoms with Gasteiger partial charge < -0.3 is 10.4 Å². The molecule has 1 aliphatic carbocycles. The van der Waals surface area contributed by atoms with Crippen LogP contribution in [-0.2, 0) is 4.79 Å². The Hall–Kier alpha value is -1.55. The molecule has 1 fully saturated rings. The first-order valence-corrected chi connectivity index (χ1v) is 7.11. The summed E-state index contributed by atoms with van der Waals surface area (Å²) in [5, 5.41) is 12.8. The summed E-state index contributed by atoms with van der Waals surface area (Å²) in [5.41, 5.74) is -0.442. The third kappa shape index (κ3) is 2.96. The predicted octanol–water partition coefficient (Wildman–Crippen LogP) is 3.10. The molecule has 2 N–H and O–H groups in total. The highest BCUT2D eigenvalue weighted by Crippen LogP contribution is 2.36. The molecule has 2 rings (SSSR count). The van der Waals surface area contributed by atoms with Crippen LogP contribution >= 0.6 is 11.6 Å². The SMILES string of the molecule is CC1(C(=O)O)CCCCC1NC(=O)c1cccc(Cl)c1. The quantitative estimate of drug-likeness (QED) is 0.900. The Bertz CT molecular complexity index is 532. The first kappa shape index (κ1) is 14.9. The Kier molecular flexibility index (Phi) is 4.33. The normalized spacial score (nSPS) is 26.0. The number of rotatable bonds is 3. The molecule has 20 heavy (non-hydrogen) atoms. The molecule has 0 heterocycles. The fourth-order valence-electron chi connectivity index (χ4n) is 2.69. The van der Waals surface area contributed by atoms with Crippen molar-refractivity contribution in [2.45, 2.75) is 38.6 Å². The van der Waals surface area contributed by atoms with Crippen LogP contribution in [0.2, 0.25) is 5.02 Å². The molecule has 1 amide bonds. The van der Waals surface area contributed by atoms with Gasteiger partial charge in [0.15, 0.2) is 0 Å². The van der Waals surface area contributed by atoms with E-state index in [9.17, 15) is 14.7 Å². The smallest absolute Gasteiger partial charge is 0.311 e. The Morgan fingerprint density at radius 2 is 2.15 bits per heavy atom. The van der Waals surface area contributed by atoms with E-state index in [4.69, 9.17) is 11.6 Å². The Balaban J connectivity index is 2.15. The molecule has 0 aromatic heterocycles. The molecule has 0 bridgehead atoms. The van der Waals surface area contributed by atoms with E-state index >= 15 is 0 Å². The average Bonchev–Trinajstić information content (AvgIpc) is 2.41. The zero-order valence-electron chi connectivity index (χ0n) is 11.4. The topological polar surface area (TPSA) is 66.4 Å².